The minimum Gasteiger partial charge on any atom is -0.462 e. The molecule has 61 heavy (non-hydrogen) atoms. The Labute approximate surface area is 378 Å². The number of carbonyl (C=O) groups is 3. The van der Waals surface area contributed by atoms with E-state index < -0.39 is 6.10 Å². The lowest BCUT2D eigenvalue weighted by molar-refractivity contribution is -0.167. The van der Waals surface area contributed by atoms with E-state index in [-0.39, 0.29) is 37.5 Å². The Balaban J connectivity index is 4.22. The van der Waals surface area contributed by atoms with E-state index in [4.69, 9.17) is 14.2 Å². The van der Waals surface area contributed by atoms with Crippen molar-refractivity contribution in [2.75, 3.05) is 13.2 Å². The Morgan fingerprint density at radius 2 is 0.639 bits per heavy atom. The molecular formula is C55H98O6. The predicted octanol–water partition coefficient (Wildman–Crippen LogP) is 17.1. The molecule has 0 aliphatic heterocycles. The lowest BCUT2D eigenvalue weighted by Gasteiger charge is -2.18. The highest BCUT2D eigenvalue weighted by Crippen LogP contribution is 2.16. The van der Waals surface area contributed by atoms with Gasteiger partial charge in [0.15, 0.2) is 6.10 Å². The first-order valence-electron chi connectivity index (χ1n) is 26.1. The summed E-state index contributed by atoms with van der Waals surface area (Å²) in [5.74, 6) is -0.927. The molecule has 0 bridgehead atoms. The first-order valence-corrected chi connectivity index (χ1v) is 26.1. The van der Waals surface area contributed by atoms with Crippen molar-refractivity contribution < 1.29 is 28.6 Å². The number of hydrogen-bond acceptors (Lipinski definition) is 6. The topological polar surface area (TPSA) is 78.9 Å². The van der Waals surface area contributed by atoms with Gasteiger partial charge in [0.25, 0.3) is 0 Å². The van der Waals surface area contributed by atoms with Crippen LogP contribution in [0.2, 0.25) is 0 Å². The Bertz CT molecular complexity index is 1070. The number of rotatable bonds is 47. The van der Waals surface area contributed by atoms with Crippen molar-refractivity contribution in [3.8, 4) is 0 Å². The summed E-state index contributed by atoms with van der Waals surface area (Å²) in [6.07, 6.45) is 59.8. The van der Waals surface area contributed by atoms with Crippen LogP contribution in [0.1, 0.15) is 265 Å². The predicted molar refractivity (Wildman–Crippen MR) is 261 cm³/mol. The van der Waals surface area contributed by atoms with Gasteiger partial charge in [0.05, 0.1) is 0 Å². The number of unbranched alkanes of at least 4 members (excludes halogenated alkanes) is 28. The average molecular weight is 855 g/mol. The summed E-state index contributed by atoms with van der Waals surface area (Å²) in [5, 5.41) is 0. The zero-order valence-electron chi connectivity index (χ0n) is 40.4. The van der Waals surface area contributed by atoms with Gasteiger partial charge in [-0.05, 0) is 57.8 Å². The third-order valence-electron chi connectivity index (χ3n) is 11.3. The quantitative estimate of drug-likeness (QED) is 0.0263. The van der Waals surface area contributed by atoms with E-state index in [2.05, 4.69) is 69.4 Å². The van der Waals surface area contributed by atoms with Crippen molar-refractivity contribution in [3.05, 3.63) is 48.6 Å². The molecule has 6 heteroatoms. The molecular weight excluding hydrogens is 757 g/mol. The molecule has 0 aliphatic carbocycles. The Morgan fingerprint density at radius 1 is 0.344 bits per heavy atom. The third kappa shape index (κ3) is 48.3. The fraction of sp³-hybridized carbons (Fsp3) is 0.800. The molecule has 0 aromatic carbocycles. The molecule has 354 valence electrons. The fourth-order valence-electron chi connectivity index (χ4n) is 7.43. The lowest BCUT2D eigenvalue weighted by Crippen LogP contribution is -2.30. The van der Waals surface area contributed by atoms with E-state index in [1.165, 1.54) is 141 Å². The van der Waals surface area contributed by atoms with E-state index in [1.807, 2.05) is 0 Å². The van der Waals surface area contributed by atoms with Crippen molar-refractivity contribution in [3.63, 3.8) is 0 Å². The maximum atomic E-state index is 12.7. The van der Waals surface area contributed by atoms with Crippen molar-refractivity contribution in [1.82, 2.24) is 0 Å². The van der Waals surface area contributed by atoms with Gasteiger partial charge in [0.2, 0.25) is 0 Å². The van der Waals surface area contributed by atoms with Gasteiger partial charge in [-0.3, -0.25) is 14.4 Å². The third-order valence-corrected chi connectivity index (χ3v) is 11.3. The molecule has 0 spiro atoms. The second-order valence-electron chi connectivity index (χ2n) is 17.4. The van der Waals surface area contributed by atoms with Crippen molar-refractivity contribution in [2.24, 2.45) is 0 Å². The van der Waals surface area contributed by atoms with Crippen LogP contribution in [0.3, 0.4) is 0 Å². The van der Waals surface area contributed by atoms with Gasteiger partial charge in [-0.25, -0.2) is 0 Å². The summed E-state index contributed by atoms with van der Waals surface area (Å²) in [6, 6.07) is 0. The van der Waals surface area contributed by atoms with E-state index in [0.717, 1.165) is 77.0 Å². The fourth-order valence-corrected chi connectivity index (χ4v) is 7.43. The van der Waals surface area contributed by atoms with E-state index in [1.54, 1.807) is 0 Å². The van der Waals surface area contributed by atoms with Crippen LogP contribution in [-0.2, 0) is 28.6 Å². The highest BCUT2D eigenvalue weighted by atomic mass is 16.6. The largest absolute Gasteiger partial charge is 0.462 e. The minimum absolute atomic E-state index is 0.0868. The molecule has 0 rings (SSSR count). The maximum absolute atomic E-state index is 12.7. The minimum atomic E-state index is -0.788. The number of ether oxygens (including phenoxy) is 3. The first-order chi connectivity index (χ1) is 30.0. The summed E-state index contributed by atoms with van der Waals surface area (Å²) in [4.78, 5) is 37.8. The van der Waals surface area contributed by atoms with Gasteiger partial charge in [0.1, 0.15) is 13.2 Å². The molecule has 1 atom stereocenters. The molecule has 1 unspecified atom stereocenters. The van der Waals surface area contributed by atoms with Crippen LogP contribution in [0.25, 0.3) is 0 Å². The smallest absolute Gasteiger partial charge is 0.306 e. The van der Waals surface area contributed by atoms with Crippen LogP contribution in [0, 0.1) is 0 Å². The molecule has 0 amide bonds. The Morgan fingerprint density at radius 3 is 1.00 bits per heavy atom. The van der Waals surface area contributed by atoms with Crippen molar-refractivity contribution in [1.29, 1.82) is 0 Å². The number of esters is 3. The standard InChI is InChI=1S/C55H98O6/c1-4-7-10-13-16-18-20-22-24-25-26-27-28-29-31-32-34-36-39-42-45-48-54(57)60-51-52(50-59-53(56)47-44-41-38-15-12-9-6-3)61-55(58)49-46-43-40-37-35-33-30-23-21-19-17-14-11-8-5-2/h8,11,17,19,23,30,35,37,52H,4-7,9-10,12-16,18,20-22,24-29,31-34,36,38-51H2,1-3H3/b11-8-,19-17-,30-23-,37-35-. The normalized spacial score (nSPS) is 12.4. The van der Waals surface area contributed by atoms with Gasteiger partial charge < -0.3 is 14.2 Å². The number of carbonyl (C=O) groups excluding carboxylic acids is 3. The first kappa shape index (κ1) is 58.4. The van der Waals surface area contributed by atoms with E-state index in [0.29, 0.717) is 19.3 Å². The highest BCUT2D eigenvalue weighted by Gasteiger charge is 2.19. The average Bonchev–Trinajstić information content (AvgIpc) is 3.26. The monoisotopic (exact) mass is 855 g/mol. The Hall–Kier alpha value is -2.63. The molecule has 0 N–H and O–H groups in total. The van der Waals surface area contributed by atoms with Crippen molar-refractivity contribution >= 4 is 17.9 Å². The summed E-state index contributed by atoms with van der Waals surface area (Å²) in [7, 11) is 0. The van der Waals surface area contributed by atoms with Gasteiger partial charge in [-0.15, -0.1) is 0 Å². The van der Waals surface area contributed by atoms with Crippen LogP contribution >= 0.6 is 0 Å². The molecule has 0 saturated carbocycles. The second kappa shape index (κ2) is 50.0. The van der Waals surface area contributed by atoms with Crippen LogP contribution in [0.4, 0.5) is 0 Å². The summed E-state index contributed by atoms with van der Waals surface area (Å²) < 4.78 is 16.7. The summed E-state index contributed by atoms with van der Waals surface area (Å²) >= 11 is 0. The van der Waals surface area contributed by atoms with Crippen LogP contribution in [0.5, 0.6) is 0 Å². The van der Waals surface area contributed by atoms with Gasteiger partial charge >= 0.3 is 17.9 Å². The molecule has 0 aromatic heterocycles. The molecule has 0 fully saturated rings. The number of allylic oxidation sites excluding steroid dienone is 8. The van der Waals surface area contributed by atoms with Crippen LogP contribution in [0.15, 0.2) is 48.6 Å². The molecule has 6 nitrogen and oxygen atoms in total. The molecule has 0 saturated heterocycles. The lowest BCUT2D eigenvalue weighted by atomic mass is 10.0. The highest BCUT2D eigenvalue weighted by molar-refractivity contribution is 5.71. The maximum Gasteiger partial charge on any atom is 0.306 e. The SMILES string of the molecule is CC/C=C\C/C=C\C/C=C\C/C=C\CCCCC(=O)OC(COC(=O)CCCCCCCCC)COC(=O)CCCCCCCCCCCCCCCCCCCCCCC. The molecule has 0 aliphatic rings. The van der Waals surface area contributed by atoms with E-state index in [9.17, 15) is 14.4 Å². The van der Waals surface area contributed by atoms with Crippen LogP contribution in [-0.4, -0.2) is 37.2 Å². The second-order valence-corrected chi connectivity index (χ2v) is 17.4. The van der Waals surface area contributed by atoms with Gasteiger partial charge in [0, 0.05) is 19.3 Å². The van der Waals surface area contributed by atoms with Crippen molar-refractivity contribution in [2.45, 2.75) is 271 Å². The molecule has 0 radical (unpaired) electrons. The van der Waals surface area contributed by atoms with Gasteiger partial charge in [-0.1, -0.05) is 236 Å². The van der Waals surface area contributed by atoms with E-state index >= 15 is 0 Å². The number of hydrogen-bond donors (Lipinski definition) is 0. The zero-order valence-corrected chi connectivity index (χ0v) is 40.4. The summed E-state index contributed by atoms with van der Waals surface area (Å²) in [6.45, 7) is 6.47. The Kier molecular flexibility index (Phi) is 47.9. The zero-order chi connectivity index (χ0) is 44.4. The molecule has 0 aromatic rings. The van der Waals surface area contributed by atoms with Crippen LogP contribution < -0.4 is 0 Å². The summed E-state index contributed by atoms with van der Waals surface area (Å²) in [5.41, 5.74) is 0. The van der Waals surface area contributed by atoms with Gasteiger partial charge in [-0.2, -0.15) is 0 Å². The molecule has 0 heterocycles.